The molecular formula is C9H11F. The fourth-order valence-corrected chi connectivity index (χ4v) is 0.925. The highest BCUT2D eigenvalue weighted by molar-refractivity contribution is 5.30. The molecule has 0 nitrogen and oxygen atoms in total. The maximum absolute atomic E-state index is 12.8. The van der Waals surface area contributed by atoms with E-state index >= 15 is 0 Å². The molecule has 0 N–H and O–H groups in total. The molecule has 0 aliphatic heterocycles. The molecule has 0 bridgehead atoms. The van der Waals surface area contributed by atoms with Gasteiger partial charge in [0.05, 0.1) is 0 Å². The highest BCUT2D eigenvalue weighted by atomic mass is 19.1. The lowest BCUT2D eigenvalue weighted by atomic mass is 10.1. The molecule has 0 atom stereocenters. The van der Waals surface area contributed by atoms with E-state index < -0.39 is 0 Å². The number of halogens is 1. The summed E-state index contributed by atoms with van der Waals surface area (Å²) in [6, 6.07) is 3.44. The van der Waals surface area contributed by atoms with Gasteiger partial charge in [-0.05, 0) is 43.5 Å². The Labute approximate surface area is 60.7 Å². The van der Waals surface area contributed by atoms with E-state index in [4.69, 9.17) is 0 Å². The molecule has 1 aromatic carbocycles. The average molecular weight is 138 g/mol. The largest absolute Gasteiger partial charge is 0.207 e. The van der Waals surface area contributed by atoms with Crippen LogP contribution in [0.15, 0.2) is 12.1 Å². The van der Waals surface area contributed by atoms with Crippen molar-refractivity contribution >= 4 is 0 Å². The summed E-state index contributed by atoms with van der Waals surface area (Å²) < 4.78 is 12.8. The van der Waals surface area contributed by atoms with Crippen LogP contribution in [0.4, 0.5) is 4.39 Å². The summed E-state index contributed by atoms with van der Waals surface area (Å²) in [5, 5.41) is 0. The van der Waals surface area contributed by atoms with Gasteiger partial charge >= 0.3 is 0 Å². The second kappa shape index (κ2) is 2.41. The van der Waals surface area contributed by atoms with E-state index in [0.29, 0.717) is 0 Å². The van der Waals surface area contributed by atoms with Gasteiger partial charge in [-0.15, -0.1) is 0 Å². The van der Waals surface area contributed by atoms with Crippen LogP contribution in [0.25, 0.3) is 0 Å². The monoisotopic (exact) mass is 138 g/mol. The van der Waals surface area contributed by atoms with Crippen molar-refractivity contribution < 1.29 is 4.39 Å². The summed E-state index contributed by atoms with van der Waals surface area (Å²) in [5.41, 5.74) is 2.89. The molecule has 54 valence electrons. The Morgan fingerprint density at radius 3 is 1.90 bits per heavy atom. The highest BCUT2D eigenvalue weighted by Crippen LogP contribution is 2.12. The summed E-state index contributed by atoms with van der Waals surface area (Å²) in [5.74, 6) is -0.108. The van der Waals surface area contributed by atoms with E-state index in [1.165, 1.54) is 0 Å². The van der Waals surface area contributed by atoms with Crippen molar-refractivity contribution in [2.24, 2.45) is 0 Å². The Kier molecular flexibility index (Phi) is 1.75. The lowest BCUT2D eigenvalue weighted by Gasteiger charge is -2.01. The molecule has 1 rings (SSSR count). The summed E-state index contributed by atoms with van der Waals surface area (Å²) >= 11 is 0. The van der Waals surface area contributed by atoms with Gasteiger partial charge in [-0.1, -0.05) is 6.07 Å². The zero-order valence-electron chi connectivity index (χ0n) is 6.53. The van der Waals surface area contributed by atoms with Crippen molar-refractivity contribution in [3.63, 3.8) is 0 Å². The number of hydrogen-bond donors (Lipinski definition) is 0. The molecule has 1 heteroatoms. The molecule has 0 heterocycles. The van der Waals surface area contributed by atoms with Crippen molar-refractivity contribution in [2.75, 3.05) is 0 Å². The molecule has 0 unspecified atom stereocenters. The summed E-state index contributed by atoms with van der Waals surface area (Å²) in [6.45, 7) is 5.68. The van der Waals surface area contributed by atoms with Crippen LogP contribution in [0.3, 0.4) is 0 Å². The maximum Gasteiger partial charge on any atom is 0.126 e. The minimum Gasteiger partial charge on any atom is -0.207 e. The Balaban J connectivity index is 3.28. The number of benzene rings is 1. The first-order chi connectivity index (χ1) is 4.61. The fourth-order valence-electron chi connectivity index (χ4n) is 0.925. The molecular weight excluding hydrogens is 127 g/mol. The molecule has 0 fully saturated rings. The second-order valence-electron chi connectivity index (χ2n) is 2.69. The third-order valence-corrected chi connectivity index (χ3v) is 1.77. The van der Waals surface area contributed by atoms with Gasteiger partial charge in [-0.3, -0.25) is 0 Å². The van der Waals surface area contributed by atoms with Crippen molar-refractivity contribution in [3.8, 4) is 0 Å². The summed E-state index contributed by atoms with van der Waals surface area (Å²) in [6.07, 6.45) is 0. The first-order valence-electron chi connectivity index (χ1n) is 3.34. The van der Waals surface area contributed by atoms with E-state index in [1.54, 1.807) is 13.0 Å². The van der Waals surface area contributed by atoms with Gasteiger partial charge in [0, 0.05) is 0 Å². The van der Waals surface area contributed by atoms with Crippen LogP contribution in [0.2, 0.25) is 0 Å². The number of aryl methyl sites for hydroxylation is 3. The SMILES string of the molecule is Cc1cc(C)c(F)cc1C. The van der Waals surface area contributed by atoms with E-state index in [2.05, 4.69) is 0 Å². The molecule has 0 amide bonds. The van der Waals surface area contributed by atoms with Crippen LogP contribution in [-0.2, 0) is 0 Å². The van der Waals surface area contributed by atoms with Gasteiger partial charge in [0.1, 0.15) is 5.82 Å². The summed E-state index contributed by atoms with van der Waals surface area (Å²) in [7, 11) is 0. The first kappa shape index (κ1) is 7.26. The van der Waals surface area contributed by atoms with Crippen LogP contribution in [0.1, 0.15) is 16.7 Å². The molecule has 0 radical (unpaired) electrons. The molecule has 0 saturated heterocycles. The smallest absolute Gasteiger partial charge is 0.126 e. The lowest BCUT2D eigenvalue weighted by molar-refractivity contribution is 0.616. The van der Waals surface area contributed by atoms with E-state index in [9.17, 15) is 4.39 Å². The number of rotatable bonds is 0. The topological polar surface area (TPSA) is 0 Å². The Morgan fingerprint density at radius 1 is 0.900 bits per heavy atom. The molecule has 0 spiro atoms. The highest BCUT2D eigenvalue weighted by Gasteiger charge is 1.98. The van der Waals surface area contributed by atoms with E-state index in [1.807, 2.05) is 19.9 Å². The van der Waals surface area contributed by atoms with Crippen LogP contribution in [-0.4, -0.2) is 0 Å². The zero-order valence-corrected chi connectivity index (χ0v) is 6.53. The van der Waals surface area contributed by atoms with Gasteiger partial charge in [-0.25, -0.2) is 4.39 Å². The van der Waals surface area contributed by atoms with Crippen molar-refractivity contribution in [3.05, 3.63) is 34.6 Å². The minimum absolute atomic E-state index is 0.108. The molecule has 0 aliphatic carbocycles. The first-order valence-corrected chi connectivity index (χ1v) is 3.34. The van der Waals surface area contributed by atoms with Crippen molar-refractivity contribution in [1.82, 2.24) is 0 Å². The van der Waals surface area contributed by atoms with Crippen LogP contribution in [0, 0.1) is 26.6 Å². The quantitative estimate of drug-likeness (QED) is 0.517. The van der Waals surface area contributed by atoms with Crippen LogP contribution in [0.5, 0.6) is 0 Å². The van der Waals surface area contributed by atoms with Crippen LogP contribution < -0.4 is 0 Å². The zero-order chi connectivity index (χ0) is 7.72. The Hall–Kier alpha value is -0.850. The average Bonchev–Trinajstić information content (AvgIpc) is 1.84. The molecule has 0 saturated carbocycles. The van der Waals surface area contributed by atoms with Gasteiger partial charge in [0.2, 0.25) is 0 Å². The van der Waals surface area contributed by atoms with Gasteiger partial charge in [0.15, 0.2) is 0 Å². The van der Waals surface area contributed by atoms with Crippen molar-refractivity contribution in [1.29, 1.82) is 0 Å². The third-order valence-electron chi connectivity index (χ3n) is 1.77. The third kappa shape index (κ3) is 1.18. The van der Waals surface area contributed by atoms with Gasteiger partial charge < -0.3 is 0 Å². The Morgan fingerprint density at radius 2 is 1.40 bits per heavy atom. The number of hydrogen-bond acceptors (Lipinski definition) is 0. The fraction of sp³-hybridized carbons (Fsp3) is 0.333. The lowest BCUT2D eigenvalue weighted by Crippen LogP contribution is -1.87. The van der Waals surface area contributed by atoms with Crippen LogP contribution >= 0.6 is 0 Å². The standard InChI is InChI=1S/C9H11F/c1-6-4-8(3)9(10)5-7(6)2/h4-5H,1-3H3. The predicted octanol–water partition coefficient (Wildman–Crippen LogP) is 2.75. The van der Waals surface area contributed by atoms with E-state index in [-0.39, 0.29) is 5.82 Å². The predicted molar refractivity (Wildman–Crippen MR) is 40.6 cm³/mol. The van der Waals surface area contributed by atoms with Crippen molar-refractivity contribution in [2.45, 2.75) is 20.8 Å². The maximum atomic E-state index is 12.8. The molecule has 0 aliphatic rings. The van der Waals surface area contributed by atoms with Gasteiger partial charge in [-0.2, -0.15) is 0 Å². The Bertz CT molecular complexity index is 201. The van der Waals surface area contributed by atoms with Gasteiger partial charge in [0.25, 0.3) is 0 Å². The summed E-state index contributed by atoms with van der Waals surface area (Å²) in [4.78, 5) is 0. The minimum atomic E-state index is -0.108. The van der Waals surface area contributed by atoms with E-state index in [0.717, 1.165) is 16.7 Å². The molecule has 1 aromatic rings. The second-order valence-corrected chi connectivity index (χ2v) is 2.69. The molecule has 0 aromatic heterocycles. The molecule has 10 heavy (non-hydrogen) atoms. The normalized spacial score (nSPS) is 10.0.